The van der Waals surface area contributed by atoms with Crippen molar-refractivity contribution >= 4 is 60.5 Å². The molecule has 90 valence electrons. The Morgan fingerprint density at radius 3 is 1.80 bits per heavy atom. The fourth-order valence-electron chi connectivity index (χ4n) is 1.58. The van der Waals surface area contributed by atoms with Crippen molar-refractivity contribution in [3.05, 3.63) is 0 Å². The molecule has 0 aliphatic carbocycles. The van der Waals surface area contributed by atoms with E-state index >= 15 is 0 Å². The molecular formula is C10H20S5. The second-order valence-corrected chi connectivity index (χ2v) is 8.35. The Morgan fingerprint density at radius 1 is 0.933 bits per heavy atom. The molecule has 0 saturated carbocycles. The van der Waals surface area contributed by atoms with Crippen molar-refractivity contribution in [1.29, 1.82) is 0 Å². The lowest BCUT2D eigenvalue weighted by Crippen LogP contribution is -2.04. The highest BCUT2D eigenvalue weighted by Gasteiger charge is 2.24. The van der Waals surface area contributed by atoms with Gasteiger partial charge in [0.05, 0.1) is 0 Å². The lowest BCUT2D eigenvalue weighted by Gasteiger charge is -2.10. The van der Waals surface area contributed by atoms with Crippen LogP contribution in [0.25, 0.3) is 0 Å². The van der Waals surface area contributed by atoms with Crippen molar-refractivity contribution < 1.29 is 0 Å². The minimum atomic E-state index is 0.913. The molecule has 1 aliphatic rings. The van der Waals surface area contributed by atoms with Crippen LogP contribution in [0.15, 0.2) is 0 Å². The van der Waals surface area contributed by atoms with Gasteiger partial charge in [-0.25, -0.2) is 0 Å². The first-order valence-electron chi connectivity index (χ1n) is 5.39. The van der Waals surface area contributed by atoms with Gasteiger partial charge in [0.1, 0.15) is 0 Å². The van der Waals surface area contributed by atoms with Gasteiger partial charge in [-0.05, 0) is 24.3 Å². The molecule has 0 amide bonds. The summed E-state index contributed by atoms with van der Waals surface area (Å²) in [7, 11) is 0. The van der Waals surface area contributed by atoms with Gasteiger partial charge in [-0.3, -0.25) is 0 Å². The predicted molar refractivity (Wildman–Crippen MR) is 86.8 cm³/mol. The highest BCUT2D eigenvalue weighted by atomic mass is 32.2. The summed E-state index contributed by atoms with van der Waals surface area (Å²) < 4.78 is 0. The Kier molecular flexibility index (Phi) is 9.62. The highest BCUT2D eigenvalue weighted by Crippen LogP contribution is 2.37. The largest absolute Gasteiger partial charge is 0.179 e. The SMILES string of the molecule is SCCSCC1CCC(CSCCS)S1. The van der Waals surface area contributed by atoms with Crippen LogP contribution in [-0.4, -0.2) is 45.0 Å². The fraction of sp³-hybridized carbons (Fsp3) is 1.00. The van der Waals surface area contributed by atoms with Crippen molar-refractivity contribution in [2.45, 2.75) is 23.3 Å². The van der Waals surface area contributed by atoms with E-state index < -0.39 is 0 Å². The van der Waals surface area contributed by atoms with Crippen LogP contribution < -0.4 is 0 Å². The zero-order valence-electron chi connectivity index (χ0n) is 8.93. The van der Waals surface area contributed by atoms with E-state index in [1.54, 1.807) is 0 Å². The van der Waals surface area contributed by atoms with Crippen LogP contribution in [0, 0.1) is 0 Å². The molecule has 1 heterocycles. The van der Waals surface area contributed by atoms with E-state index in [1.807, 2.05) is 0 Å². The van der Waals surface area contributed by atoms with E-state index in [0.717, 1.165) is 22.0 Å². The molecule has 1 rings (SSSR count). The Morgan fingerprint density at radius 2 is 1.40 bits per heavy atom. The van der Waals surface area contributed by atoms with Crippen molar-refractivity contribution in [2.24, 2.45) is 0 Å². The lowest BCUT2D eigenvalue weighted by atomic mass is 10.2. The van der Waals surface area contributed by atoms with E-state index in [2.05, 4.69) is 60.5 Å². The van der Waals surface area contributed by atoms with Crippen molar-refractivity contribution in [2.75, 3.05) is 34.5 Å². The highest BCUT2D eigenvalue weighted by molar-refractivity contribution is 8.05. The van der Waals surface area contributed by atoms with E-state index in [9.17, 15) is 0 Å². The molecule has 2 atom stereocenters. The van der Waals surface area contributed by atoms with Crippen LogP contribution in [0.4, 0.5) is 0 Å². The molecular weight excluding hydrogens is 280 g/mol. The first kappa shape index (κ1) is 14.8. The Balaban J connectivity index is 1.99. The van der Waals surface area contributed by atoms with Gasteiger partial charge in [0.15, 0.2) is 0 Å². The second kappa shape index (κ2) is 9.75. The summed E-state index contributed by atoms with van der Waals surface area (Å²) in [6.45, 7) is 0. The third-order valence-electron chi connectivity index (χ3n) is 2.27. The monoisotopic (exact) mass is 300 g/mol. The van der Waals surface area contributed by atoms with E-state index in [4.69, 9.17) is 0 Å². The van der Waals surface area contributed by atoms with Crippen molar-refractivity contribution in [3.63, 3.8) is 0 Å². The Hall–Kier alpha value is 1.75. The average molecular weight is 301 g/mol. The number of rotatable bonds is 8. The molecule has 2 unspecified atom stereocenters. The molecule has 1 fully saturated rings. The first-order chi connectivity index (χ1) is 7.36. The smallest absolute Gasteiger partial charge is 0.0141 e. The molecule has 0 spiro atoms. The van der Waals surface area contributed by atoms with Crippen molar-refractivity contribution in [3.8, 4) is 0 Å². The maximum atomic E-state index is 4.23. The summed E-state index contributed by atoms with van der Waals surface area (Å²) in [6, 6.07) is 0. The number of hydrogen-bond donors (Lipinski definition) is 2. The molecule has 1 saturated heterocycles. The summed E-state index contributed by atoms with van der Waals surface area (Å²) in [5.41, 5.74) is 0. The third-order valence-corrected chi connectivity index (χ3v) is 7.58. The quantitative estimate of drug-likeness (QED) is 0.520. The molecule has 0 radical (unpaired) electrons. The summed E-state index contributed by atoms with van der Waals surface area (Å²) in [5, 5.41) is 1.83. The summed E-state index contributed by atoms with van der Waals surface area (Å²) in [5.74, 6) is 7.11. The molecule has 0 bridgehead atoms. The van der Waals surface area contributed by atoms with Crippen LogP contribution in [0.5, 0.6) is 0 Å². The third kappa shape index (κ3) is 6.92. The van der Waals surface area contributed by atoms with Gasteiger partial charge in [0.25, 0.3) is 0 Å². The van der Waals surface area contributed by atoms with Gasteiger partial charge in [-0.1, -0.05) is 0 Å². The predicted octanol–water partition coefficient (Wildman–Crippen LogP) is 3.58. The van der Waals surface area contributed by atoms with Gasteiger partial charge < -0.3 is 0 Å². The van der Waals surface area contributed by atoms with E-state index in [1.165, 1.54) is 35.9 Å². The van der Waals surface area contributed by atoms with E-state index in [0.29, 0.717) is 0 Å². The van der Waals surface area contributed by atoms with Crippen LogP contribution >= 0.6 is 60.5 Å². The molecule has 0 aromatic rings. The molecule has 5 heteroatoms. The van der Waals surface area contributed by atoms with Crippen LogP contribution in [-0.2, 0) is 0 Å². The molecule has 0 N–H and O–H groups in total. The maximum absolute atomic E-state index is 4.23. The van der Waals surface area contributed by atoms with Crippen LogP contribution in [0.2, 0.25) is 0 Å². The number of thiol groups is 2. The van der Waals surface area contributed by atoms with Gasteiger partial charge in [0.2, 0.25) is 0 Å². The topological polar surface area (TPSA) is 0 Å². The summed E-state index contributed by atoms with van der Waals surface area (Å²) in [4.78, 5) is 0. The first-order valence-corrected chi connectivity index (χ1v) is 9.91. The zero-order valence-corrected chi connectivity index (χ0v) is 13.2. The Labute approximate surface area is 118 Å². The molecule has 0 aromatic heterocycles. The number of thioether (sulfide) groups is 3. The van der Waals surface area contributed by atoms with Gasteiger partial charge in [0, 0.05) is 33.5 Å². The second-order valence-electron chi connectivity index (χ2n) is 3.55. The minimum Gasteiger partial charge on any atom is -0.179 e. The van der Waals surface area contributed by atoms with E-state index in [-0.39, 0.29) is 0 Å². The van der Waals surface area contributed by atoms with Gasteiger partial charge in [-0.15, -0.1) is 0 Å². The molecule has 0 aromatic carbocycles. The van der Waals surface area contributed by atoms with Gasteiger partial charge in [-0.2, -0.15) is 60.5 Å². The summed E-state index contributed by atoms with van der Waals surface area (Å²) in [6.07, 6.45) is 2.85. The zero-order chi connectivity index (χ0) is 10.9. The average Bonchev–Trinajstić information content (AvgIpc) is 2.67. The fourth-order valence-corrected chi connectivity index (χ4v) is 6.10. The summed E-state index contributed by atoms with van der Waals surface area (Å²) >= 11 is 14.8. The van der Waals surface area contributed by atoms with Crippen molar-refractivity contribution in [1.82, 2.24) is 0 Å². The number of hydrogen-bond acceptors (Lipinski definition) is 5. The van der Waals surface area contributed by atoms with Gasteiger partial charge >= 0.3 is 0 Å². The molecule has 1 aliphatic heterocycles. The normalized spacial score (nSPS) is 26.0. The standard InChI is InChI=1S/C10H20S5/c11-3-5-13-7-9-1-2-10(15-9)8-14-6-4-12/h9-12H,1-8H2. The maximum Gasteiger partial charge on any atom is 0.0141 e. The van der Waals surface area contributed by atoms with Crippen LogP contribution in [0.3, 0.4) is 0 Å². The molecule has 0 nitrogen and oxygen atoms in total. The Bertz CT molecular complexity index is 137. The lowest BCUT2D eigenvalue weighted by molar-refractivity contribution is 0.786. The minimum absolute atomic E-state index is 0.913. The van der Waals surface area contributed by atoms with Crippen LogP contribution in [0.1, 0.15) is 12.8 Å². The molecule has 15 heavy (non-hydrogen) atoms.